The number of carbonyl (C=O) groups is 2. The van der Waals surface area contributed by atoms with Crippen molar-refractivity contribution < 1.29 is 14.3 Å². The van der Waals surface area contributed by atoms with E-state index in [9.17, 15) is 9.59 Å². The lowest BCUT2D eigenvalue weighted by molar-refractivity contribution is 0.0513. The topological polar surface area (TPSA) is 80.2 Å². The van der Waals surface area contributed by atoms with E-state index >= 15 is 0 Å². The minimum Gasteiger partial charge on any atom is -0.461 e. The highest BCUT2D eigenvalue weighted by molar-refractivity contribution is 5.95. The molecule has 1 aliphatic rings. The van der Waals surface area contributed by atoms with E-state index in [-0.39, 0.29) is 18.2 Å². The van der Waals surface area contributed by atoms with Crippen LogP contribution in [0.4, 0.5) is 0 Å². The molecule has 0 atom stereocenters. The molecular formula is C20H20N4O3. The third-order valence-electron chi connectivity index (χ3n) is 4.71. The van der Waals surface area contributed by atoms with Gasteiger partial charge in [-0.25, -0.2) is 4.79 Å². The van der Waals surface area contributed by atoms with Gasteiger partial charge in [0.1, 0.15) is 0 Å². The van der Waals surface area contributed by atoms with E-state index in [0.717, 1.165) is 16.9 Å². The molecule has 1 amide bonds. The average Bonchev–Trinajstić information content (AvgIpc) is 3.37. The van der Waals surface area contributed by atoms with Crippen LogP contribution in [0.15, 0.2) is 48.8 Å². The molecule has 27 heavy (non-hydrogen) atoms. The van der Waals surface area contributed by atoms with Gasteiger partial charge in [0.15, 0.2) is 5.69 Å². The van der Waals surface area contributed by atoms with Crippen molar-refractivity contribution in [1.82, 2.24) is 19.7 Å². The van der Waals surface area contributed by atoms with Crippen LogP contribution in [-0.4, -0.2) is 44.7 Å². The first-order chi connectivity index (χ1) is 13.2. The lowest BCUT2D eigenvalue weighted by Gasteiger charge is -2.27. The Hall–Kier alpha value is -3.35. The average molecular weight is 364 g/mol. The van der Waals surface area contributed by atoms with Gasteiger partial charge in [-0.3, -0.25) is 9.89 Å². The molecule has 4 rings (SSSR count). The normalized spacial score (nSPS) is 13.3. The Bertz CT molecular complexity index is 958. The molecule has 0 aliphatic carbocycles. The number of hydrogen-bond donors (Lipinski definition) is 1. The zero-order valence-electron chi connectivity index (χ0n) is 15.0. The zero-order chi connectivity index (χ0) is 18.8. The highest BCUT2D eigenvalue weighted by Crippen LogP contribution is 2.23. The molecule has 2 aromatic heterocycles. The minimum atomic E-state index is -0.458. The van der Waals surface area contributed by atoms with Gasteiger partial charge in [-0.05, 0) is 43.3 Å². The number of ether oxygens (including phenoxy) is 1. The first-order valence-corrected chi connectivity index (χ1v) is 8.93. The van der Waals surface area contributed by atoms with Crippen molar-refractivity contribution in [3.63, 3.8) is 0 Å². The number of nitrogens with one attached hydrogen (secondary N) is 1. The minimum absolute atomic E-state index is 0.0595. The second-order valence-corrected chi connectivity index (χ2v) is 6.36. The van der Waals surface area contributed by atoms with Crippen molar-refractivity contribution in [2.24, 2.45) is 0 Å². The Balaban J connectivity index is 1.52. The van der Waals surface area contributed by atoms with Gasteiger partial charge in [-0.15, -0.1) is 0 Å². The summed E-state index contributed by atoms with van der Waals surface area (Å²) in [6.07, 6.45) is 4.55. The molecule has 3 aromatic rings. The highest BCUT2D eigenvalue weighted by Gasteiger charge is 2.28. The molecular weight excluding hydrogens is 344 g/mol. The van der Waals surface area contributed by atoms with Crippen molar-refractivity contribution in [2.45, 2.75) is 19.9 Å². The van der Waals surface area contributed by atoms with E-state index in [1.807, 2.05) is 53.4 Å². The SMILES string of the molecule is CCOC(=O)c1n[nH]c2c1CN(C(=O)c1ccc(-n3cccc3)cc1)CC2. The number of hydrogen-bond acceptors (Lipinski definition) is 4. The number of benzene rings is 1. The van der Waals surface area contributed by atoms with Gasteiger partial charge >= 0.3 is 5.97 Å². The first kappa shape index (κ1) is 17.1. The third kappa shape index (κ3) is 3.23. The summed E-state index contributed by atoms with van der Waals surface area (Å²) in [6, 6.07) is 11.4. The van der Waals surface area contributed by atoms with Gasteiger partial charge < -0.3 is 14.2 Å². The fourth-order valence-corrected chi connectivity index (χ4v) is 3.30. The summed E-state index contributed by atoms with van der Waals surface area (Å²) < 4.78 is 7.04. The molecule has 7 heteroatoms. The van der Waals surface area contributed by atoms with E-state index in [1.54, 1.807) is 11.8 Å². The smallest absolute Gasteiger partial charge is 0.359 e. The van der Waals surface area contributed by atoms with Gasteiger partial charge in [0.25, 0.3) is 5.91 Å². The van der Waals surface area contributed by atoms with E-state index < -0.39 is 5.97 Å². The summed E-state index contributed by atoms with van der Waals surface area (Å²) in [5.41, 5.74) is 3.53. The lowest BCUT2D eigenvalue weighted by atomic mass is 10.0. The van der Waals surface area contributed by atoms with Crippen molar-refractivity contribution in [2.75, 3.05) is 13.2 Å². The Labute approximate surface area is 156 Å². The predicted octanol–water partition coefficient (Wildman–Crippen LogP) is 2.58. The van der Waals surface area contributed by atoms with Crippen LogP contribution in [0.5, 0.6) is 0 Å². The molecule has 1 N–H and O–H groups in total. The number of amides is 1. The maximum absolute atomic E-state index is 12.9. The quantitative estimate of drug-likeness (QED) is 0.722. The highest BCUT2D eigenvalue weighted by atomic mass is 16.5. The fourth-order valence-electron chi connectivity index (χ4n) is 3.30. The Morgan fingerprint density at radius 1 is 1.19 bits per heavy atom. The van der Waals surface area contributed by atoms with E-state index in [2.05, 4.69) is 10.2 Å². The van der Waals surface area contributed by atoms with Crippen LogP contribution in [0.3, 0.4) is 0 Å². The number of aromatic amines is 1. The molecule has 0 saturated carbocycles. The third-order valence-corrected chi connectivity index (χ3v) is 4.71. The van der Waals surface area contributed by atoms with Crippen LogP contribution in [0.25, 0.3) is 5.69 Å². The van der Waals surface area contributed by atoms with Crippen LogP contribution in [0.2, 0.25) is 0 Å². The number of H-pyrrole nitrogens is 1. The Morgan fingerprint density at radius 2 is 1.93 bits per heavy atom. The van der Waals surface area contributed by atoms with Gasteiger partial charge in [0.05, 0.1) is 13.2 Å². The molecule has 1 aliphatic heterocycles. The molecule has 0 radical (unpaired) electrons. The molecule has 0 spiro atoms. The summed E-state index contributed by atoms with van der Waals surface area (Å²) in [5.74, 6) is -0.518. The maximum atomic E-state index is 12.9. The van der Waals surface area contributed by atoms with Gasteiger partial charge in [0, 0.05) is 47.9 Å². The largest absolute Gasteiger partial charge is 0.461 e. The number of fused-ring (bicyclic) bond motifs is 1. The van der Waals surface area contributed by atoms with Gasteiger partial charge in [-0.2, -0.15) is 5.10 Å². The Morgan fingerprint density at radius 3 is 2.63 bits per heavy atom. The van der Waals surface area contributed by atoms with Gasteiger partial charge in [0.2, 0.25) is 0 Å². The molecule has 0 fully saturated rings. The van der Waals surface area contributed by atoms with Crippen molar-refractivity contribution >= 4 is 11.9 Å². The molecule has 3 heterocycles. The summed E-state index contributed by atoms with van der Waals surface area (Å²) >= 11 is 0. The van der Waals surface area contributed by atoms with E-state index in [1.165, 1.54) is 0 Å². The van der Waals surface area contributed by atoms with Crippen molar-refractivity contribution in [1.29, 1.82) is 0 Å². The number of esters is 1. The number of carbonyl (C=O) groups excluding carboxylic acids is 2. The summed E-state index contributed by atoms with van der Waals surface area (Å²) in [5, 5.41) is 6.98. The standard InChI is InChI=1S/C20H20N4O3/c1-2-27-20(26)18-16-13-24(12-9-17(16)21-22-18)19(25)14-5-7-15(8-6-14)23-10-3-4-11-23/h3-8,10-11H,2,9,12-13H2,1H3,(H,21,22). The van der Waals surface area contributed by atoms with E-state index in [4.69, 9.17) is 4.74 Å². The first-order valence-electron chi connectivity index (χ1n) is 8.93. The lowest BCUT2D eigenvalue weighted by Crippen LogP contribution is -2.36. The molecule has 7 nitrogen and oxygen atoms in total. The van der Waals surface area contributed by atoms with Gasteiger partial charge in [-0.1, -0.05) is 0 Å². The molecule has 0 unspecified atom stereocenters. The predicted molar refractivity (Wildman–Crippen MR) is 98.8 cm³/mol. The van der Waals surface area contributed by atoms with Crippen LogP contribution >= 0.6 is 0 Å². The van der Waals surface area contributed by atoms with Crippen LogP contribution in [-0.2, 0) is 17.7 Å². The summed E-state index contributed by atoms with van der Waals surface area (Å²) in [4.78, 5) is 26.7. The molecule has 1 aromatic carbocycles. The fraction of sp³-hybridized carbons (Fsp3) is 0.250. The number of rotatable bonds is 4. The monoisotopic (exact) mass is 364 g/mol. The molecule has 0 saturated heterocycles. The Kier molecular flexibility index (Phi) is 4.50. The summed E-state index contributed by atoms with van der Waals surface area (Å²) in [6.45, 7) is 2.97. The molecule has 138 valence electrons. The van der Waals surface area contributed by atoms with Crippen LogP contribution in [0.1, 0.15) is 39.0 Å². The zero-order valence-corrected chi connectivity index (χ0v) is 15.0. The second kappa shape index (κ2) is 7.11. The summed E-state index contributed by atoms with van der Waals surface area (Å²) in [7, 11) is 0. The number of aromatic nitrogens is 3. The second-order valence-electron chi connectivity index (χ2n) is 6.36. The number of nitrogens with zero attached hydrogens (tertiary/aromatic N) is 3. The molecule has 0 bridgehead atoms. The van der Waals surface area contributed by atoms with Crippen molar-refractivity contribution in [3.05, 3.63) is 71.3 Å². The maximum Gasteiger partial charge on any atom is 0.359 e. The van der Waals surface area contributed by atoms with Crippen molar-refractivity contribution in [3.8, 4) is 5.69 Å². The van der Waals surface area contributed by atoms with Crippen LogP contribution < -0.4 is 0 Å². The van der Waals surface area contributed by atoms with Crippen LogP contribution in [0, 0.1) is 0 Å². The van der Waals surface area contributed by atoms with E-state index in [0.29, 0.717) is 25.1 Å².